The Morgan fingerprint density at radius 1 is 1.46 bits per heavy atom. The van der Waals surface area contributed by atoms with Crippen LogP contribution in [0.25, 0.3) is 10.2 Å². The Morgan fingerprint density at radius 3 is 3.00 bits per heavy atom. The van der Waals surface area contributed by atoms with Gasteiger partial charge in [0.05, 0.1) is 15.2 Å². The molecule has 1 aromatic carbocycles. The maximum Gasteiger partial charge on any atom is 0.220 e. The summed E-state index contributed by atoms with van der Waals surface area (Å²) in [5, 5.41) is 7.51. The number of hydrogen-bond donors (Lipinski definition) is 2. The molecule has 1 fully saturated rings. The number of nitrogens with one attached hydrogen (secondary N) is 2. The molecule has 4 nitrogen and oxygen atoms in total. The second-order valence-electron chi connectivity index (χ2n) is 5.86. The van der Waals surface area contributed by atoms with Crippen molar-refractivity contribution < 1.29 is 4.79 Å². The lowest BCUT2D eigenvalue weighted by Crippen LogP contribution is -2.50. The van der Waals surface area contributed by atoms with Crippen LogP contribution in [0.2, 0.25) is 0 Å². The van der Waals surface area contributed by atoms with Crippen LogP contribution in [-0.4, -0.2) is 30.0 Å². The Labute approximate surface area is 167 Å². The van der Waals surface area contributed by atoms with Gasteiger partial charge in [0.2, 0.25) is 5.91 Å². The first-order chi connectivity index (χ1) is 10.6. The van der Waals surface area contributed by atoms with Crippen LogP contribution < -0.4 is 10.6 Å². The van der Waals surface area contributed by atoms with Gasteiger partial charge in [-0.25, -0.2) is 4.98 Å². The highest BCUT2D eigenvalue weighted by molar-refractivity contribution is 9.10. The maximum atomic E-state index is 12.1. The van der Waals surface area contributed by atoms with Gasteiger partial charge in [0, 0.05) is 29.9 Å². The van der Waals surface area contributed by atoms with Crippen molar-refractivity contribution >= 4 is 68.2 Å². The van der Waals surface area contributed by atoms with Crippen LogP contribution in [0.5, 0.6) is 0 Å². The second kappa shape index (κ2) is 9.92. The van der Waals surface area contributed by atoms with Crippen molar-refractivity contribution in [1.82, 2.24) is 15.6 Å². The molecular formula is C16H22BrCl2N3OS. The summed E-state index contributed by atoms with van der Waals surface area (Å²) in [6.07, 6.45) is 2.33. The van der Waals surface area contributed by atoms with Crippen molar-refractivity contribution in [3.8, 4) is 0 Å². The van der Waals surface area contributed by atoms with Crippen molar-refractivity contribution in [2.45, 2.75) is 32.2 Å². The summed E-state index contributed by atoms with van der Waals surface area (Å²) >= 11 is 5.13. The Morgan fingerprint density at radius 2 is 2.25 bits per heavy atom. The minimum absolute atomic E-state index is 0. The molecule has 3 rings (SSSR count). The van der Waals surface area contributed by atoms with E-state index in [2.05, 4.69) is 44.5 Å². The number of aryl methyl sites for hydroxylation is 1. The molecule has 0 radical (unpaired) electrons. The molecule has 8 heteroatoms. The van der Waals surface area contributed by atoms with Gasteiger partial charge in [-0.3, -0.25) is 4.79 Å². The molecule has 1 saturated heterocycles. The van der Waals surface area contributed by atoms with Crippen LogP contribution in [0.4, 0.5) is 0 Å². The summed E-state index contributed by atoms with van der Waals surface area (Å²) in [5.74, 6) is 0.672. The van der Waals surface area contributed by atoms with Gasteiger partial charge in [-0.15, -0.1) is 36.2 Å². The van der Waals surface area contributed by atoms with E-state index in [1.807, 2.05) is 12.1 Å². The van der Waals surface area contributed by atoms with Crippen molar-refractivity contribution in [3.63, 3.8) is 0 Å². The maximum absolute atomic E-state index is 12.1. The van der Waals surface area contributed by atoms with E-state index in [-0.39, 0.29) is 36.8 Å². The molecule has 0 saturated carbocycles. The minimum atomic E-state index is 0. The number of benzene rings is 1. The monoisotopic (exact) mass is 453 g/mol. The van der Waals surface area contributed by atoms with E-state index < -0.39 is 0 Å². The Hall–Kier alpha value is -0.400. The average Bonchev–Trinajstić information content (AvgIpc) is 2.89. The summed E-state index contributed by atoms with van der Waals surface area (Å²) in [6.45, 7) is 4.13. The topological polar surface area (TPSA) is 54.0 Å². The summed E-state index contributed by atoms with van der Waals surface area (Å²) < 4.78 is 2.21. The smallest absolute Gasteiger partial charge is 0.220 e. The van der Waals surface area contributed by atoms with Crippen molar-refractivity contribution in [2.24, 2.45) is 5.92 Å². The van der Waals surface area contributed by atoms with Gasteiger partial charge in [-0.05, 0) is 37.1 Å². The lowest BCUT2D eigenvalue weighted by atomic mass is 9.95. The van der Waals surface area contributed by atoms with Crippen molar-refractivity contribution in [1.29, 1.82) is 0 Å². The number of carbonyl (C=O) groups is 1. The molecule has 0 bridgehead atoms. The summed E-state index contributed by atoms with van der Waals surface area (Å²) in [6, 6.07) is 6.36. The van der Waals surface area contributed by atoms with E-state index in [4.69, 9.17) is 0 Å². The first-order valence-electron chi connectivity index (χ1n) is 7.67. The Kier molecular flexibility index (Phi) is 8.95. The fourth-order valence-electron chi connectivity index (χ4n) is 2.74. The number of nitrogens with zero attached hydrogens (tertiary/aromatic N) is 1. The fourth-order valence-corrected chi connectivity index (χ4v) is 4.03. The van der Waals surface area contributed by atoms with E-state index in [9.17, 15) is 4.79 Å². The second-order valence-corrected chi connectivity index (χ2v) is 7.89. The number of piperidine rings is 1. The van der Waals surface area contributed by atoms with Crippen LogP contribution >= 0.6 is 52.1 Å². The highest BCUT2D eigenvalue weighted by atomic mass is 79.9. The molecule has 1 aliphatic rings. The quantitative estimate of drug-likeness (QED) is 0.735. The molecule has 24 heavy (non-hydrogen) atoms. The number of amides is 1. The number of hydrogen-bond acceptors (Lipinski definition) is 4. The molecule has 2 N–H and O–H groups in total. The Bertz CT molecular complexity index is 682. The molecule has 0 aliphatic carbocycles. The third-order valence-electron chi connectivity index (χ3n) is 4.13. The highest BCUT2D eigenvalue weighted by Crippen LogP contribution is 2.25. The predicted molar refractivity (Wildman–Crippen MR) is 109 cm³/mol. The largest absolute Gasteiger partial charge is 0.352 e. The average molecular weight is 455 g/mol. The zero-order valence-corrected chi connectivity index (χ0v) is 17.4. The van der Waals surface area contributed by atoms with Gasteiger partial charge < -0.3 is 10.6 Å². The molecule has 0 spiro atoms. The fraction of sp³-hybridized carbons (Fsp3) is 0.500. The van der Waals surface area contributed by atoms with Gasteiger partial charge in [0.1, 0.15) is 0 Å². The van der Waals surface area contributed by atoms with Crippen molar-refractivity contribution in [3.05, 3.63) is 27.7 Å². The van der Waals surface area contributed by atoms with E-state index in [0.29, 0.717) is 18.8 Å². The molecule has 134 valence electrons. The molecule has 2 unspecified atom stereocenters. The highest BCUT2D eigenvalue weighted by Gasteiger charge is 2.22. The summed E-state index contributed by atoms with van der Waals surface area (Å²) in [7, 11) is 0. The van der Waals surface area contributed by atoms with Gasteiger partial charge in [-0.2, -0.15) is 0 Å². The van der Waals surface area contributed by atoms with Gasteiger partial charge >= 0.3 is 0 Å². The molecule has 1 aliphatic heterocycles. The first-order valence-corrected chi connectivity index (χ1v) is 9.28. The van der Waals surface area contributed by atoms with Gasteiger partial charge in [0.25, 0.3) is 0 Å². The van der Waals surface area contributed by atoms with E-state index in [1.165, 1.54) is 4.70 Å². The Balaban J connectivity index is 0.00000144. The number of halogens is 3. The third kappa shape index (κ3) is 5.56. The summed E-state index contributed by atoms with van der Waals surface area (Å²) in [4.78, 5) is 16.7. The number of fused-ring (bicyclic) bond motifs is 1. The lowest BCUT2D eigenvalue weighted by molar-refractivity contribution is -0.122. The molecule has 1 aromatic heterocycles. The number of thiazole rings is 1. The van der Waals surface area contributed by atoms with Crippen LogP contribution in [-0.2, 0) is 11.2 Å². The van der Waals surface area contributed by atoms with Crippen LogP contribution in [0.15, 0.2) is 22.7 Å². The molecular weight excluding hydrogens is 433 g/mol. The van der Waals surface area contributed by atoms with E-state index in [0.717, 1.165) is 34.5 Å². The lowest BCUT2D eigenvalue weighted by Gasteiger charge is -2.30. The minimum Gasteiger partial charge on any atom is -0.352 e. The number of carbonyl (C=O) groups excluding carboxylic acids is 1. The van der Waals surface area contributed by atoms with Gasteiger partial charge in [0.15, 0.2) is 0 Å². The number of rotatable bonds is 4. The molecule has 2 aromatic rings. The number of aromatic nitrogens is 1. The molecule has 2 heterocycles. The van der Waals surface area contributed by atoms with Crippen LogP contribution in [0.1, 0.15) is 24.8 Å². The van der Waals surface area contributed by atoms with E-state index >= 15 is 0 Å². The predicted octanol–water partition coefficient (Wildman–Crippen LogP) is 3.95. The van der Waals surface area contributed by atoms with E-state index in [1.54, 1.807) is 11.3 Å². The molecule has 1 amide bonds. The summed E-state index contributed by atoms with van der Waals surface area (Å²) in [5.41, 5.74) is 1.000. The van der Waals surface area contributed by atoms with Crippen LogP contribution in [0, 0.1) is 5.92 Å². The van der Waals surface area contributed by atoms with Crippen LogP contribution in [0.3, 0.4) is 0 Å². The van der Waals surface area contributed by atoms with Crippen molar-refractivity contribution in [2.75, 3.05) is 13.1 Å². The van der Waals surface area contributed by atoms with Gasteiger partial charge in [-0.1, -0.05) is 22.9 Å². The SMILES string of the molecule is CC1CCNCC1NC(=O)CCc1nc2cc(Br)ccc2s1.Cl.Cl. The standard InChI is InChI=1S/C16H20BrN3OS.2ClH/c1-10-6-7-18-9-13(10)19-15(21)4-5-16-20-12-8-11(17)2-3-14(12)22-16;;/h2-3,8,10,13,18H,4-7,9H2,1H3,(H,19,21);2*1H. The third-order valence-corrected chi connectivity index (χ3v) is 5.72. The molecule has 2 atom stereocenters. The first kappa shape index (κ1) is 21.6. The zero-order chi connectivity index (χ0) is 15.5. The zero-order valence-electron chi connectivity index (χ0n) is 13.4. The normalized spacial score (nSPS) is 20.1.